The summed E-state index contributed by atoms with van der Waals surface area (Å²) in [4.78, 5) is 3.56. The predicted octanol–water partition coefficient (Wildman–Crippen LogP) is 10.9. The number of rotatable bonds is 9. The molecule has 0 heterocycles. The molecule has 0 radical (unpaired) electrons. The summed E-state index contributed by atoms with van der Waals surface area (Å²) in [5, 5.41) is 18.4. The van der Waals surface area contributed by atoms with E-state index >= 15 is 0 Å². The summed E-state index contributed by atoms with van der Waals surface area (Å²) in [6, 6.07) is 37.7. The Morgan fingerprint density at radius 2 is 1.07 bits per heavy atom. The summed E-state index contributed by atoms with van der Waals surface area (Å²) in [5.74, 6) is 0.772. The van der Waals surface area contributed by atoms with Gasteiger partial charge in [0.05, 0.1) is 12.0 Å². The first-order chi connectivity index (χ1) is 21.0. The number of aliphatic hydroxyl groups excluding tert-OH is 1. The molecule has 0 saturated carbocycles. The van der Waals surface area contributed by atoms with Crippen molar-refractivity contribution in [3.63, 3.8) is 0 Å². The van der Waals surface area contributed by atoms with Crippen LogP contribution >= 0.6 is 11.8 Å². The van der Waals surface area contributed by atoms with Gasteiger partial charge in [-0.05, 0) is 95.3 Å². The van der Waals surface area contributed by atoms with Crippen molar-refractivity contribution in [3.05, 3.63) is 132 Å². The number of benzene rings is 4. The van der Waals surface area contributed by atoms with Gasteiger partial charge in [-0.25, -0.2) is 0 Å². The van der Waals surface area contributed by atoms with E-state index in [1.54, 1.807) is 0 Å². The van der Waals surface area contributed by atoms with Crippen molar-refractivity contribution in [2.75, 3.05) is 21.4 Å². The van der Waals surface area contributed by atoms with Crippen molar-refractivity contribution >= 4 is 45.9 Å². The normalized spacial score (nSPS) is 17.0. The Morgan fingerprint density at radius 1 is 0.636 bits per heavy atom. The smallest absolute Gasteiger partial charge is 0.0826 e. The maximum Gasteiger partial charge on any atom is 0.0826 e. The first kappa shape index (κ1) is 31.5. The maximum absolute atomic E-state index is 11.4. The van der Waals surface area contributed by atoms with Crippen LogP contribution in [0.5, 0.6) is 0 Å². The molecule has 4 aromatic rings. The van der Waals surface area contributed by atoms with Crippen LogP contribution in [0.25, 0.3) is 0 Å². The summed E-state index contributed by atoms with van der Waals surface area (Å²) in [6.07, 6.45) is 4.02. The van der Waals surface area contributed by atoms with E-state index in [0.29, 0.717) is 0 Å². The number of nitrogens with zero attached hydrogens (tertiary/aromatic N) is 1. The van der Waals surface area contributed by atoms with Crippen molar-refractivity contribution < 1.29 is 5.11 Å². The molecule has 2 unspecified atom stereocenters. The van der Waals surface area contributed by atoms with E-state index in [4.69, 9.17) is 0 Å². The molecule has 0 aliphatic heterocycles. The van der Waals surface area contributed by atoms with Crippen LogP contribution in [-0.4, -0.2) is 17.1 Å². The molecule has 1 aliphatic carbocycles. The summed E-state index contributed by atoms with van der Waals surface area (Å²) in [7, 11) is 0. The highest BCUT2D eigenvalue weighted by Gasteiger charge is 2.38. The Labute approximate surface area is 267 Å². The molecule has 228 valence electrons. The number of anilines is 6. The summed E-state index contributed by atoms with van der Waals surface area (Å²) in [5.41, 5.74) is 7.37. The van der Waals surface area contributed by atoms with Crippen molar-refractivity contribution in [1.29, 1.82) is 0 Å². The average molecular weight is 604 g/mol. The van der Waals surface area contributed by atoms with Gasteiger partial charge < -0.3 is 20.6 Å². The van der Waals surface area contributed by atoms with Gasteiger partial charge in [-0.3, -0.25) is 0 Å². The molecule has 2 atom stereocenters. The number of aliphatic hydroxyl groups is 1. The van der Waals surface area contributed by atoms with Gasteiger partial charge in [-0.1, -0.05) is 84.0 Å². The van der Waals surface area contributed by atoms with E-state index in [1.165, 1.54) is 4.91 Å². The van der Waals surface area contributed by atoms with Crippen LogP contribution in [0.15, 0.2) is 132 Å². The lowest BCUT2D eigenvalue weighted by molar-refractivity contribution is 0.0824. The second-order valence-electron chi connectivity index (χ2n) is 13.5. The average Bonchev–Trinajstić information content (AvgIpc) is 2.99. The lowest BCUT2D eigenvalue weighted by Gasteiger charge is -2.40. The quantitative estimate of drug-likeness (QED) is 0.166. The fraction of sp³-hybridized carbons (Fsp3) is 0.282. The summed E-state index contributed by atoms with van der Waals surface area (Å²) < 4.78 is 0. The molecule has 0 spiro atoms. The van der Waals surface area contributed by atoms with Crippen LogP contribution in [0.2, 0.25) is 0 Å². The highest BCUT2D eigenvalue weighted by atomic mass is 32.2. The number of hydrogen-bond donors (Lipinski definition) is 3. The highest BCUT2D eigenvalue weighted by Crippen LogP contribution is 2.45. The van der Waals surface area contributed by atoms with Gasteiger partial charge in [0, 0.05) is 44.9 Å². The molecule has 3 N–H and O–H groups in total. The Morgan fingerprint density at radius 3 is 1.48 bits per heavy atom. The highest BCUT2D eigenvalue weighted by molar-refractivity contribution is 8.03. The molecule has 1 aliphatic rings. The van der Waals surface area contributed by atoms with Crippen molar-refractivity contribution in [2.24, 2.45) is 16.7 Å². The number of nitrogens with one attached hydrogen (secondary N) is 2. The molecule has 0 bridgehead atoms. The van der Waals surface area contributed by atoms with E-state index in [1.807, 2.05) is 48.2 Å². The van der Waals surface area contributed by atoms with E-state index in [2.05, 4.69) is 142 Å². The van der Waals surface area contributed by atoms with Gasteiger partial charge in [0.15, 0.2) is 0 Å². The first-order valence-electron chi connectivity index (χ1n) is 15.3. The third-order valence-electron chi connectivity index (χ3n) is 8.01. The third kappa shape index (κ3) is 7.96. The Bertz CT molecular complexity index is 1480. The van der Waals surface area contributed by atoms with Crippen molar-refractivity contribution in [1.82, 2.24) is 0 Å². The lowest BCUT2D eigenvalue weighted by atomic mass is 9.68. The molecule has 5 rings (SSSR count). The molecule has 0 amide bonds. The van der Waals surface area contributed by atoms with Crippen LogP contribution in [0.1, 0.15) is 41.5 Å². The minimum atomic E-state index is -0.482. The predicted molar refractivity (Wildman–Crippen MR) is 192 cm³/mol. The van der Waals surface area contributed by atoms with E-state index in [0.717, 1.165) is 45.6 Å². The zero-order valence-electron chi connectivity index (χ0n) is 26.7. The number of para-hydroxylation sites is 2. The largest absolute Gasteiger partial charge is 0.388 e. The van der Waals surface area contributed by atoms with Crippen LogP contribution < -0.4 is 15.5 Å². The topological polar surface area (TPSA) is 47.5 Å². The van der Waals surface area contributed by atoms with Gasteiger partial charge in [-0.2, -0.15) is 0 Å². The fourth-order valence-electron chi connectivity index (χ4n) is 5.48. The minimum Gasteiger partial charge on any atom is -0.388 e. The number of allylic oxidation sites excluding steroid dienone is 1. The van der Waals surface area contributed by atoms with Crippen LogP contribution in [0, 0.1) is 16.7 Å². The standard InChI is InChI=1S/C39H45N3OS/c1-38(2,3)35-25-34(26-36(37(35)43)39(4,5)6)44-27-42(32-21-17-30(18-22-32)40-28-13-9-7-10-14-28)33-23-19-31(20-24-33)41-29-15-11-8-12-16-29/h7-26,35,37,40-41,43H,27H2,1-6H3. The molecule has 0 saturated heterocycles. The molecular weight excluding hydrogens is 559 g/mol. The van der Waals surface area contributed by atoms with Gasteiger partial charge in [0.25, 0.3) is 0 Å². The third-order valence-corrected chi connectivity index (χ3v) is 8.98. The monoisotopic (exact) mass is 603 g/mol. The van der Waals surface area contributed by atoms with Crippen molar-refractivity contribution in [2.45, 2.75) is 47.6 Å². The molecule has 44 heavy (non-hydrogen) atoms. The van der Waals surface area contributed by atoms with Crippen LogP contribution in [-0.2, 0) is 0 Å². The molecule has 5 heteroatoms. The Kier molecular flexibility index (Phi) is 9.57. The lowest BCUT2D eigenvalue weighted by Crippen LogP contribution is -2.37. The van der Waals surface area contributed by atoms with E-state index in [-0.39, 0.29) is 16.7 Å². The maximum atomic E-state index is 11.4. The van der Waals surface area contributed by atoms with E-state index in [9.17, 15) is 5.11 Å². The molecule has 4 aromatic carbocycles. The second-order valence-corrected chi connectivity index (χ2v) is 14.6. The summed E-state index contributed by atoms with van der Waals surface area (Å²) >= 11 is 1.82. The molecule has 0 aromatic heterocycles. The summed E-state index contributed by atoms with van der Waals surface area (Å²) in [6.45, 7) is 13.2. The van der Waals surface area contributed by atoms with Gasteiger partial charge in [0.2, 0.25) is 0 Å². The van der Waals surface area contributed by atoms with Crippen LogP contribution in [0.4, 0.5) is 34.1 Å². The molecular formula is C39H45N3OS. The molecule has 0 fully saturated rings. The SMILES string of the molecule is CC(C)(C)C1=CC(SCN(c2ccc(Nc3ccccc3)cc2)c2ccc(Nc3ccccc3)cc2)=CC(C(C)(C)C)C1O. The Hall–Kier alpha value is -3.93. The van der Waals surface area contributed by atoms with Gasteiger partial charge >= 0.3 is 0 Å². The van der Waals surface area contributed by atoms with Gasteiger partial charge in [0.1, 0.15) is 0 Å². The Balaban J connectivity index is 1.42. The van der Waals surface area contributed by atoms with E-state index < -0.39 is 6.10 Å². The first-order valence-corrected chi connectivity index (χ1v) is 16.3. The van der Waals surface area contributed by atoms with Gasteiger partial charge in [-0.15, -0.1) is 11.8 Å². The number of hydrogen-bond acceptors (Lipinski definition) is 5. The zero-order chi connectivity index (χ0) is 31.3. The molecule has 4 nitrogen and oxygen atoms in total. The zero-order valence-corrected chi connectivity index (χ0v) is 27.5. The fourth-order valence-corrected chi connectivity index (χ4v) is 6.51. The minimum absolute atomic E-state index is 0.0457. The number of thioether (sulfide) groups is 1. The second kappa shape index (κ2) is 13.4. The van der Waals surface area contributed by atoms with Crippen LogP contribution in [0.3, 0.4) is 0 Å². The van der Waals surface area contributed by atoms with Crippen molar-refractivity contribution in [3.8, 4) is 0 Å².